The summed E-state index contributed by atoms with van der Waals surface area (Å²) in [4.78, 5) is 43.1. The molecule has 8 nitrogen and oxygen atoms in total. The number of carboxylic acids is 1. The fraction of sp³-hybridized carbons (Fsp3) is 0.538. The lowest BCUT2D eigenvalue weighted by Crippen LogP contribution is -2.54. The fourth-order valence-electron chi connectivity index (χ4n) is 4.95. The van der Waals surface area contributed by atoms with Crippen LogP contribution in [0, 0.1) is 18.8 Å². The minimum Gasteiger partial charge on any atom is -0.481 e. The lowest BCUT2D eigenvalue weighted by atomic mass is 9.80. The maximum Gasteiger partial charge on any atom is 0.306 e. The molecule has 2 atom stereocenters. The van der Waals surface area contributed by atoms with Crippen LogP contribution in [0.15, 0.2) is 24.4 Å². The summed E-state index contributed by atoms with van der Waals surface area (Å²) in [5, 5.41) is 19.0. The van der Waals surface area contributed by atoms with Crippen LogP contribution in [0.25, 0.3) is 0 Å². The van der Waals surface area contributed by atoms with Crippen molar-refractivity contribution in [2.45, 2.75) is 76.9 Å². The van der Waals surface area contributed by atoms with E-state index >= 15 is 0 Å². The highest BCUT2D eigenvalue weighted by Gasteiger charge is 2.37. The maximum absolute atomic E-state index is 13.1. The molecule has 0 saturated heterocycles. The van der Waals surface area contributed by atoms with E-state index in [1.165, 1.54) is 11.3 Å². The molecule has 2 aromatic heterocycles. The number of thiophene rings is 1. The van der Waals surface area contributed by atoms with Crippen LogP contribution in [0.3, 0.4) is 0 Å². The van der Waals surface area contributed by atoms with E-state index in [1.807, 2.05) is 26.0 Å². The highest BCUT2D eigenvalue weighted by Crippen LogP contribution is 2.31. The molecule has 194 valence electrons. The number of hydrogen-bond acceptors (Lipinski definition) is 6. The van der Waals surface area contributed by atoms with E-state index in [4.69, 9.17) is 16.7 Å². The fourth-order valence-corrected chi connectivity index (χ4v) is 6.02. The lowest BCUT2D eigenvalue weighted by Gasteiger charge is -2.34. The van der Waals surface area contributed by atoms with Crippen LogP contribution in [0.5, 0.6) is 0 Å². The van der Waals surface area contributed by atoms with Crippen molar-refractivity contribution < 1.29 is 19.5 Å². The first kappa shape index (κ1) is 26.4. The van der Waals surface area contributed by atoms with Gasteiger partial charge in [0, 0.05) is 17.1 Å². The van der Waals surface area contributed by atoms with Gasteiger partial charge in [0.1, 0.15) is 6.04 Å². The Morgan fingerprint density at radius 1 is 1.22 bits per heavy atom. The second kappa shape index (κ2) is 11.6. The number of anilines is 1. The Morgan fingerprint density at radius 2 is 1.94 bits per heavy atom. The molecular formula is C26H33ClN4O4S. The molecule has 36 heavy (non-hydrogen) atoms. The third kappa shape index (κ3) is 6.56. The lowest BCUT2D eigenvalue weighted by molar-refractivity contribution is -0.146. The summed E-state index contributed by atoms with van der Waals surface area (Å²) in [5.41, 5.74) is 1.67. The Bertz CT molecular complexity index is 1110. The van der Waals surface area contributed by atoms with Crippen LogP contribution in [0.2, 0.25) is 5.02 Å². The van der Waals surface area contributed by atoms with Gasteiger partial charge in [-0.1, -0.05) is 37.3 Å². The molecular weight excluding hydrogens is 500 g/mol. The number of pyridine rings is 1. The maximum atomic E-state index is 13.1. The van der Waals surface area contributed by atoms with Crippen molar-refractivity contribution in [3.05, 3.63) is 44.9 Å². The first-order valence-corrected chi connectivity index (χ1v) is 13.7. The van der Waals surface area contributed by atoms with Gasteiger partial charge in [-0.25, -0.2) is 0 Å². The molecule has 0 bridgehead atoms. The smallest absolute Gasteiger partial charge is 0.306 e. The number of carbonyl (C=O) groups is 3. The number of aliphatic carboxylic acids is 1. The predicted molar refractivity (Wildman–Crippen MR) is 140 cm³/mol. The van der Waals surface area contributed by atoms with E-state index in [0.717, 1.165) is 41.9 Å². The summed E-state index contributed by atoms with van der Waals surface area (Å²) < 4.78 is 0. The third-order valence-corrected chi connectivity index (χ3v) is 8.68. The Kier molecular flexibility index (Phi) is 8.51. The molecule has 0 aliphatic heterocycles. The summed E-state index contributed by atoms with van der Waals surface area (Å²) in [6.07, 6.45) is 7.51. The molecule has 2 aliphatic carbocycles. The van der Waals surface area contributed by atoms with Crippen molar-refractivity contribution in [3.63, 3.8) is 0 Å². The van der Waals surface area contributed by atoms with Crippen LogP contribution in [-0.2, 0) is 9.59 Å². The van der Waals surface area contributed by atoms with E-state index in [1.54, 1.807) is 12.3 Å². The second-order valence-electron chi connectivity index (χ2n) is 9.98. The molecule has 0 radical (unpaired) electrons. The van der Waals surface area contributed by atoms with Gasteiger partial charge >= 0.3 is 5.97 Å². The number of hydrogen-bond donors (Lipinski definition) is 4. The average Bonchev–Trinajstić information content (AvgIpc) is 3.50. The Morgan fingerprint density at radius 3 is 2.64 bits per heavy atom. The van der Waals surface area contributed by atoms with E-state index in [-0.39, 0.29) is 23.9 Å². The number of aromatic nitrogens is 1. The molecule has 0 aromatic carbocycles. The van der Waals surface area contributed by atoms with Crippen LogP contribution >= 0.6 is 22.9 Å². The van der Waals surface area contributed by atoms with Crippen LogP contribution in [0.1, 0.15) is 78.2 Å². The quantitative estimate of drug-likeness (QED) is 0.344. The molecule has 2 saturated carbocycles. The highest BCUT2D eigenvalue weighted by atomic mass is 35.5. The van der Waals surface area contributed by atoms with Gasteiger partial charge in [-0.3, -0.25) is 19.4 Å². The normalized spacial score (nSPS) is 21.3. The largest absolute Gasteiger partial charge is 0.481 e. The monoisotopic (exact) mass is 532 g/mol. The minimum atomic E-state index is -0.824. The number of carboxylic acid groups (broad SMARTS) is 1. The van der Waals surface area contributed by atoms with Gasteiger partial charge in [0.25, 0.3) is 5.91 Å². The first-order chi connectivity index (χ1) is 17.2. The van der Waals surface area contributed by atoms with Gasteiger partial charge in [-0.15, -0.1) is 11.3 Å². The third-order valence-electron chi connectivity index (χ3n) is 7.20. The molecule has 2 aliphatic rings. The zero-order chi connectivity index (χ0) is 25.8. The van der Waals surface area contributed by atoms with E-state index in [0.29, 0.717) is 35.1 Å². The van der Waals surface area contributed by atoms with Gasteiger partial charge in [0.05, 0.1) is 33.2 Å². The van der Waals surface area contributed by atoms with Crippen molar-refractivity contribution in [2.75, 3.05) is 5.32 Å². The summed E-state index contributed by atoms with van der Waals surface area (Å²) in [7, 11) is 0. The second-order valence-corrected chi connectivity index (χ2v) is 11.5. The van der Waals surface area contributed by atoms with Gasteiger partial charge < -0.3 is 21.1 Å². The van der Waals surface area contributed by atoms with Crippen molar-refractivity contribution >= 4 is 46.4 Å². The summed E-state index contributed by atoms with van der Waals surface area (Å²) >= 11 is 7.46. The molecule has 10 heteroatoms. The van der Waals surface area contributed by atoms with Gasteiger partial charge in [-0.05, 0) is 57.2 Å². The van der Waals surface area contributed by atoms with Crippen LogP contribution in [0.4, 0.5) is 5.69 Å². The zero-order valence-corrected chi connectivity index (χ0v) is 22.1. The van der Waals surface area contributed by atoms with Crippen LogP contribution < -0.4 is 16.0 Å². The standard InChI is InChI=1S/C26H33ClN4O4S/c1-14-20(12-18(27)13-28-14)29-15(2)22-7-8-23(36-22)25(33)31-21(9-16-5-3-4-6-16)24(32)30-19-10-17(11-19)26(34)35/h7-8,12-13,15-17,19,21,29H,3-6,9-11H2,1-2H3,(H,30,32)(H,31,33)(H,34,35)/t15-,17?,19?,21-/m0/s1. The van der Waals surface area contributed by atoms with E-state index < -0.39 is 17.9 Å². The van der Waals surface area contributed by atoms with Crippen molar-refractivity contribution in [2.24, 2.45) is 11.8 Å². The molecule has 2 aromatic rings. The molecule has 4 rings (SSSR count). The summed E-state index contributed by atoms with van der Waals surface area (Å²) in [6.45, 7) is 3.91. The number of aryl methyl sites for hydroxylation is 1. The number of nitrogens with one attached hydrogen (secondary N) is 3. The SMILES string of the molecule is Cc1ncc(Cl)cc1N[C@@H](C)c1ccc(C(=O)N[C@@H](CC2CCCC2)C(=O)NC2CC(C(=O)O)C2)s1. The Hall–Kier alpha value is -2.65. The van der Waals surface area contributed by atoms with Crippen molar-refractivity contribution in [1.82, 2.24) is 15.6 Å². The minimum absolute atomic E-state index is 0.0612. The predicted octanol–water partition coefficient (Wildman–Crippen LogP) is 4.94. The van der Waals surface area contributed by atoms with Crippen molar-refractivity contribution in [3.8, 4) is 0 Å². The highest BCUT2D eigenvalue weighted by molar-refractivity contribution is 7.14. The molecule has 0 unspecified atom stereocenters. The van der Waals surface area contributed by atoms with E-state index in [2.05, 4.69) is 20.9 Å². The molecule has 2 amide bonds. The summed E-state index contributed by atoms with van der Waals surface area (Å²) in [5.74, 6) is -1.30. The topological polar surface area (TPSA) is 120 Å². The zero-order valence-electron chi connectivity index (χ0n) is 20.6. The molecule has 2 fully saturated rings. The van der Waals surface area contributed by atoms with Gasteiger partial charge in [-0.2, -0.15) is 0 Å². The van der Waals surface area contributed by atoms with E-state index in [9.17, 15) is 14.4 Å². The average molecular weight is 533 g/mol. The number of amides is 2. The molecule has 0 spiro atoms. The van der Waals surface area contributed by atoms with Gasteiger partial charge in [0.2, 0.25) is 5.91 Å². The summed E-state index contributed by atoms with van der Waals surface area (Å²) in [6, 6.07) is 4.68. The Balaban J connectivity index is 1.38. The van der Waals surface area contributed by atoms with Crippen LogP contribution in [-0.4, -0.2) is 40.0 Å². The number of carbonyl (C=O) groups excluding carboxylic acids is 2. The number of halogens is 1. The molecule has 4 N–H and O–H groups in total. The number of rotatable bonds is 10. The first-order valence-electron chi connectivity index (χ1n) is 12.5. The van der Waals surface area contributed by atoms with Gasteiger partial charge in [0.15, 0.2) is 0 Å². The Labute approximate surface area is 220 Å². The number of nitrogens with zero attached hydrogens (tertiary/aromatic N) is 1. The molecule has 2 heterocycles. The van der Waals surface area contributed by atoms with Crippen molar-refractivity contribution in [1.29, 1.82) is 0 Å².